The molecule has 1 rings (SSSR count). The number of carbonyl (C=O) groups is 1. The number of aryl methyl sites for hydroxylation is 1. The van der Waals surface area contributed by atoms with Crippen molar-refractivity contribution < 1.29 is 9.53 Å². The molecule has 0 aliphatic heterocycles. The van der Waals surface area contributed by atoms with E-state index in [1.54, 1.807) is 12.1 Å². The fraction of sp³-hybridized carbons (Fsp3) is 0.300. The van der Waals surface area contributed by atoms with Crippen molar-refractivity contribution in [2.75, 3.05) is 24.7 Å². The monoisotopic (exact) mass is 228 g/mol. The molecule has 0 aliphatic rings. The molecule has 0 bridgehead atoms. The molecule has 0 radical (unpaired) electrons. The van der Waals surface area contributed by atoms with Crippen LogP contribution in [0.2, 0.25) is 5.02 Å². The summed E-state index contributed by atoms with van der Waals surface area (Å²) in [6, 6.07) is 3.44. The molecule has 1 aromatic rings. The van der Waals surface area contributed by atoms with Gasteiger partial charge in [-0.3, -0.25) is 4.79 Å². The Hall–Kier alpha value is -1.42. The molecule has 0 spiro atoms. The number of ether oxygens (including phenoxy) is 1. The lowest BCUT2D eigenvalue weighted by Crippen LogP contribution is -2.15. The fourth-order valence-corrected chi connectivity index (χ4v) is 1.30. The van der Waals surface area contributed by atoms with Gasteiger partial charge in [0.2, 0.25) is 0 Å². The largest absolute Gasteiger partial charge is 0.468 e. The molecule has 1 aromatic carbocycles. The number of hydrogen-bond acceptors (Lipinski definition) is 4. The zero-order chi connectivity index (χ0) is 11.4. The van der Waals surface area contributed by atoms with Gasteiger partial charge in [0.1, 0.15) is 6.54 Å². The number of benzene rings is 1. The van der Waals surface area contributed by atoms with E-state index >= 15 is 0 Å². The van der Waals surface area contributed by atoms with Crippen LogP contribution in [-0.4, -0.2) is 19.6 Å². The maximum absolute atomic E-state index is 10.9. The summed E-state index contributed by atoms with van der Waals surface area (Å²) >= 11 is 5.85. The lowest BCUT2D eigenvalue weighted by atomic mass is 10.2. The average Bonchev–Trinajstić information content (AvgIpc) is 2.21. The summed E-state index contributed by atoms with van der Waals surface area (Å²) in [5.41, 5.74) is 7.85. The first-order valence-electron chi connectivity index (χ1n) is 4.41. The summed E-state index contributed by atoms with van der Waals surface area (Å²) in [5.74, 6) is -0.331. The van der Waals surface area contributed by atoms with Crippen LogP contribution in [0.3, 0.4) is 0 Å². The number of methoxy groups -OCH3 is 1. The van der Waals surface area contributed by atoms with Crippen LogP contribution in [-0.2, 0) is 9.53 Å². The molecule has 0 atom stereocenters. The summed E-state index contributed by atoms with van der Waals surface area (Å²) < 4.78 is 4.51. The number of esters is 1. The molecule has 82 valence electrons. The highest BCUT2D eigenvalue weighted by molar-refractivity contribution is 6.33. The Kier molecular flexibility index (Phi) is 3.80. The maximum atomic E-state index is 10.9. The van der Waals surface area contributed by atoms with Crippen molar-refractivity contribution in [3.05, 3.63) is 22.7 Å². The second-order valence-electron chi connectivity index (χ2n) is 3.12. The number of nitrogen functional groups attached to an aromatic ring is 1. The Labute approximate surface area is 93.4 Å². The van der Waals surface area contributed by atoms with Crippen molar-refractivity contribution in [1.29, 1.82) is 0 Å². The standard InChI is InChI=1S/C10H13ClN2O2/c1-6-3-8(12)7(11)4-9(6)13-5-10(14)15-2/h3-4,13H,5,12H2,1-2H3. The van der Waals surface area contributed by atoms with Crippen molar-refractivity contribution in [3.63, 3.8) is 0 Å². The van der Waals surface area contributed by atoms with Crippen LogP contribution in [0.15, 0.2) is 12.1 Å². The summed E-state index contributed by atoms with van der Waals surface area (Å²) in [4.78, 5) is 10.9. The number of hydrogen-bond donors (Lipinski definition) is 2. The number of halogens is 1. The average molecular weight is 229 g/mol. The fourth-order valence-electron chi connectivity index (χ4n) is 1.13. The third kappa shape index (κ3) is 3.02. The minimum atomic E-state index is -0.331. The molecule has 15 heavy (non-hydrogen) atoms. The van der Waals surface area contributed by atoms with Gasteiger partial charge in [0.05, 0.1) is 17.8 Å². The van der Waals surface area contributed by atoms with Crippen LogP contribution in [0.1, 0.15) is 5.56 Å². The lowest BCUT2D eigenvalue weighted by Gasteiger charge is -2.10. The van der Waals surface area contributed by atoms with Gasteiger partial charge in [-0.2, -0.15) is 0 Å². The molecule has 0 amide bonds. The van der Waals surface area contributed by atoms with E-state index in [0.717, 1.165) is 11.3 Å². The minimum absolute atomic E-state index is 0.109. The van der Waals surface area contributed by atoms with Crippen molar-refractivity contribution in [3.8, 4) is 0 Å². The summed E-state index contributed by atoms with van der Waals surface area (Å²) in [6.07, 6.45) is 0. The van der Waals surface area contributed by atoms with Gasteiger partial charge in [-0.05, 0) is 24.6 Å². The second kappa shape index (κ2) is 4.89. The molecule has 0 fully saturated rings. The number of nitrogens with one attached hydrogen (secondary N) is 1. The van der Waals surface area contributed by atoms with Gasteiger partial charge in [0.25, 0.3) is 0 Å². The predicted octanol–water partition coefficient (Wildman–Crippen LogP) is 1.82. The topological polar surface area (TPSA) is 64.3 Å². The number of carbonyl (C=O) groups excluding carboxylic acids is 1. The zero-order valence-corrected chi connectivity index (χ0v) is 9.39. The van der Waals surface area contributed by atoms with E-state index in [4.69, 9.17) is 17.3 Å². The zero-order valence-electron chi connectivity index (χ0n) is 8.63. The summed E-state index contributed by atoms with van der Waals surface area (Å²) in [7, 11) is 1.34. The van der Waals surface area contributed by atoms with Crippen LogP contribution in [0, 0.1) is 6.92 Å². The highest BCUT2D eigenvalue weighted by Gasteiger charge is 2.05. The van der Waals surface area contributed by atoms with Crippen LogP contribution >= 0.6 is 11.6 Å². The van der Waals surface area contributed by atoms with Crippen LogP contribution < -0.4 is 11.1 Å². The molecule has 0 heterocycles. The third-order valence-electron chi connectivity index (χ3n) is 1.99. The highest BCUT2D eigenvalue weighted by Crippen LogP contribution is 2.26. The molecule has 0 saturated heterocycles. The van der Waals surface area contributed by atoms with E-state index in [2.05, 4.69) is 10.1 Å². The van der Waals surface area contributed by atoms with Crippen molar-refractivity contribution in [1.82, 2.24) is 0 Å². The van der Waals surface area contributed by atoms with Gasteiger partial charge in [0.15, 0.2) is 0 Å². The second-order valence-corrected chi connectivity index (χ2v) is 3.53. The predicted molar refractivity (Wildman–Crippen MR) is 61.1 cm³/mol. The number of anilines is 2. The molecular formula is C10H13ClN2O2. The number of rotatable bonds is 3. The van der Waals surface area contributed by atoms with E-state index in [1.807, 2.05) is 6.92 Å². The van der Waals surface area contributed by atoms with Crippen LogP contribution in [0.25, 0.3) is 0 Å². The summed E-state index contributed by atoms with van der Waals surface area (Å²) in [5, 5.41) is 3.38. The third-order valence-corrected chi connectivity index (χ3v) is 2.32. The van der Waals surface area contributed by atoms with Crippen molar-refractivity contribution in [2.24, 2.45) is 0 Å². The Morgan fingerprint density at radius 1 is 1.60 bits per heavy atom. The van der Waals surface area contributed by atoms with Gasteiger partial charge in [0, 0.05) is 5.69 Å². The van der Waals surface area contributed by atoms with Gasteiger partial charge in [-0.1, -0.05) is 11.6 Å². The summed E-state index contributed by atoms with van der Waals surface area (Å²) in [6.45, 7) is 1.99. The van der Waals surface area contributed by atoms with E-state index in [0.29, 0.717) is 10.7 Å². The SMILES string of the molecule is COC(=O)CNc1cc(Cl)c(N)cc1C. The Balaban J connectivity index is 2.77. The Bertz CT molecular complexity index is 380. The van der Waals surface area contributed by atoms with Gasteiger partial charge < -0.3 is 15.8 Å². The first-order valence-corrected chi connectivity index (χ1v) is 4.78. The first kappa shape index (κ1) is 11.7. The molecule has 0 aliphatic carbocycles. The number of nitrogens with two attached hydrogens (primary N) is 1. The van der Waals surface area contributed by atoms with Gasteiger partial charge >= 0.3 is 5.97 Å². The lowest BCUT2D eigenvalue weighted by molar-refractivity contribution is -0.138. The molecule has 4 nitrogen and oxygen atoms in total. The molecule has 0 aromatic heterocycles. The van der Waals surface area contributed by atoms with E-state index in [9.17, 15) is 4.79 Å². The Morgan fingerprint density at radius 3 is 2.87 bits per heavy atom. The molecular weight excluding hydrogens is 216 g/mol. The first-order chi connectivity index (χ1) is 7.04. The normalized spacial score (nSPS) is 9.80. The molecule has 0 saturated carbocycles. The molecule has 5 heteroatoms. The van der Waals surface area contributed by atoms with Crippen LogP contribution in [0.5, 0.6) is 0 Å². The van der Waals surface area contributed by atoms with E-state index in [-0.39, 0.29) is 12.5 Å². The van der Waals surface area contributed by atoms with Gasteiger partial charge in [-0.15, -0.1) is 0 Å². The van der Waals surface area contributed by atoms with Crippen LogP contribution in [0.4, 0.5) is 11.4 Å². The Morgan fingerprint density at radius 2 is 2.27 bits per heavy atom. The van der Waals surface area contributed by atoms with E-state index in [1.165, 1.54) is 7.11 Å². The highest BCUT2D eigenvalue weighted by atomic mass is 35.5. The maximum Gasteiger partial charge on any atom is 0.325 e. The molecule has 0 unspecified atom stereocenters. The minimum Gasteiger partial charge on any atom is -0.468 e. The molecule has 3 N–H and O–H groups in total. The smallest absolute Gasteiger partial charge is 0.325 e. The van der Waals surface area contributed by atoms with Crippen molar-refractivity contribution in [2.45, 2.75) is 6.92 Å². The quantitative estimate of drug-likeness (QED) is 0.612. The van der Waals surface area contributed by atoms with Gasteiger partial charge in [-0.25, -0.2) is 0 Å². The van der Waals surface area contributed by atoms with E-state index < -0.39 is 0 Å². The van der Waals surface area contributed by atoms with Crippen molar-refractivity contribution >= 4 is 28.9 Å².